The van der Waals surface area contributed by atoms with E-state index in [0.717, 1.165) is 29.9 Å². The van der Waals surface area contributed by atoms with Crippen LogP contribution in [0.3, 0.4) is 0 Å². The number of nitrogens with zero attached hydrogens (tertiary/aromatic N) is 3. The van der Waals surface area contributed by atoms with Crippen LogP contribution in [0.2, 0.25) is 5.15 Å². The molecular formula is C16H19ClN4. The Kier molecular flexibility index (Phi) is 3.05. The predicted octanol–water partition coefficient (Wildman–Crippen LogP) is 3.00. The maximum atomic E-state index is 5.91. The van der Waals surface area contributed by atoms with Crippen molar-refractivity contribution in [2.75, 3.05) is 18.0 Å². The number of pyridine rings is 2. The van der Waals surface area contributed by atoms with E-state index >= 15 is 0 Å². The fourth-order valence-corrected chi connectivity index (χ4v) is 3.22. The molecule has 2 fully saturated rings. The van der Waals surface area contributed by atoms with Gasteiger partial charge in [-0.2, -0.15) is 0 Å². The van der Waals surface area contributed by atoms with Crippen molar-refractivity contribution < 1.29 is 0 Å². The van der Waals surface area contributed by atoms with E-state index in [2.05, 4.69) is 22.1 Å². The van der Waals surface area contributed by atoms with Crippen molar-refractivity contribution in [3.8, 4) is 0 Å². The number of nitrogens with one attached hydrogen (secondary N) is 1. The maximum absolute atomic E-state index is 5.91. The fourth-order valence-electron chi connectivity index (χ4n) is 3.06. The summed E-state index contributed by atoms with van der Waals surface area (Å²) in [6.45, 7) is 4.42. The van der Waals surface area contributed by atoms with Crippen molar-refractivity contribution in [3.05, 3.63) is 29.4 Å². The molecule has 1 saturated heterocycles. The van der Waals surface area contributed by atoms with Gasteiger partial charge in [0.1, 0.15) is 11.0 Å². The van der Waals surface area contributed by atoms with Crippen LogP contribution in [-0.4, -0.2) is 34.6 Å². The SMILES string of the molecule is CC1(NC2CCN(c3ccc4nc(Cl)ccc4n3)C2)CC1. The van der Waals surface area contributed by atoms with Crippen LogP contribution < -0.4 is 10.2 Å². The molecule has 2 aromatic heterocycles. The molecule has 1 N–H and O–H groups in total. The topological polar surface area (TPSA) is 41.0 Å². The van der Waals surface area contributed by atoms with Crippen LogP contribution in [-0.2, 0) is 0 Å². The summed E-state index contributed by atoms with van der Waals surface area (Å²) in [5, 5.41) is 4.29. The molecule has 3 heterocycles. The van der Waals surface area contributed by atoms with E-state index < -0.39 is 0 Å². The van der Waals surface area contributed by atoms with E-state index in [1.54, 1.807) is 6.07 Å². The Balaban J connectivity index is 1.52. The third-order valence-electron chi connectivity index (χ3n) is 4.56. The Morgan fingerprint density at radius 1 is 1.19 bits per heavy atom. The molecule has 0 radical (unpaired) electrons. The zero-order chi connectivity index (χ0) is 14.4. The lowest BCUT2D eigenvalue weighted by Gasteiger charge is -2.20. The van der Waals surface area contributed by atoms with Gasteiger partial charge in [-0.25, -0.2) is 9.97 Å². The molecule has 5 heteroatoms. The average Bonchev–Trinajstić information content (AvgIpc) is 3.01. The summed E-state index contributed by atoms with van der Waals surface area (Å²) in [5.41, 5.74) is 2.16. The Bertz CT molecular complexity index is 683. The lowest BCUT2D eigenvalue weighted by molar-refractivity contribution is 0.455. The van der Waals surface area contributed by atoms with E-state index in [1.807, 2.05) is 18.2 Å². The quantitative estimate of drug-likeness (QED) is 0.885. The molecule has 0 amide bonds. The average molecular weight is 303 g/mol. The highest BCUT2D eigenvalue weighted by Crippen LogP contribution is 2.36. The summed E-state index contributed by atoms with van der Waals surface area (Å²) in [7, 11) is 0. The summed E-state index contributed by atoms with van der Waals surface area (Å²) in [5.74, 6) is 1.04. The molecule has 0 aromatic carbocycles. The Labute approximate surface area is 129 Å². The van der Waals surface area contributed by atoms with E-state index in [4.69, 9.17) is 16.6 Å². The minimum absolute atomic E-state index is 0.401. The molecule has 4 nitrogen and oxygen atoms in total. The smallest absolute Gasteiger partial charge is 0.129 e. The van der Waals surface area contributed by atoms with Gasteiger partial charge in [0.05, 0.1) is 11.0 Å². The molecule has 2 aliphatic rings. The van der Waals surface area contributed by atoms with Crippen LogP contribution >= 0.6 is 11.6 Å². The lowest BCUT2D eigenvalue weighted by atomic mass is 10.2. The van der Waals surface area contributed by atoms with Gasteiger partial charge in [-0.15, -0.1) is 0 Å². The van der Waals surface area contributed by atoms with Gasteiger partial charge in [-0.1, -0.05) is 11.6 Å². The van der Waals surface area contributed by atoms with E-state index in [9.17, 15) is 0 Å². The highest BCUT2D eigenvalue weighted by molar-refractivity contribution is 6.29. The Morgan fingerprint density at radius 3 is 2.76 bits per heavy atom. The molecule has 1 unspecified atom stereocenters. The van der Waals surface area contributed by atoms with Crippen LogP contribution in [0.1, 0.15) is 26.2 Å². The molecule has 1 atom stereocenters. The normalized spacial score (nSPS) is 23.7. The molecule has 1 aliphatic carbocycles. The summed E-state index contributed by atoms with van der Waals surface area (Å²) in [4.78, 5) is 11.4. The van der Waals surface area contributed by atoms with Crippen LogP contribution in [0.25, 0.3) is 11.0 Å². The van der Waals surface area contributed by atoms with Gasteiger partial charge in [0, 0.05) is 24.7 Å². The molecule has 0 spiro atoms. The van der Waals surface area contributed by atoms with Gasteiger partial charge in [-0.3, -0.25) is 0 Å². The van der Waals surface area contributed by atoms with E-state index in [-0.39, 0.29) is 0 Å². The number of fused-ring (bicyclic) bond motifs is 1. The van der Waals surface area contributed by atoms with Crippen LogP contribution in [0.4, 0.5) is 5.82 Å². The molecule has 0 bridgehead atoms. The van der Waals surface area contributed by atoms with Gasteiger partial charge in [0.2, 0.25) is 0 Å². The molecule has 110 valence electrons. The zero-order valence-corrected chi connectivity index (χ0v) is 12.9. The van der Waals surface area contributed by atoms with Crippen LogP contribution in [0.15, 0.2) is 24.3 Å². The molecule has 1 saturated carbocycles. The summed E-state index contributed by atoms with van der Waals surface area (Å²) in [6.07, 6.45) is 3.81. The standard InChI is InChI=1S/C16H19ClN4/c1-16(7-8-16)20-11-6-9-21(10-11)15-5-3-12-13(19-15)2-4-14(17)18-12/h2-5,11,20H,6-10H2,1H3. The van der Waals surface area contributed by atoms with Gasteiger partial charge in [0.25, 0.3) is 0 Å². The molecule has 21 heavy (non-hydrogen) atoms. The largest absolute Gasteiger partial charge is 0.355 e. The molecular weight excluding hydrogens is 284 g/mol. The maximum Gasteiger partial charge on any atom is 0.129 e. The summed E-state index contributed by atoms with van der Waals surface area (Å²) in [6, 6.07) is 8.37. The van der Waals surface area contributed by atoms with E-state index in [0.29, 0.717) is 16.7 Å². The first-order chi connectivity index (χ1) is 10.1. The van der Waals surface area contributed by atoms with Crippen molar-refractivity contribution in [2.45, 2.75) is 37.8 Å². The van der Waals surface area contributed by atoms with Crippen molar-refractivity contribution in [1.82, 2.24) is 15.3 Å². The first-order valence-corrected chi connectivity index (χ1v) is 7.95. The first kappa shape index (κ1) is 13.3. The lowest BCUT2D eigenvalue weighted by Crippen LogP contribution is -2.40. The van der Waals surface area contributed by atoms with Crippen molar-refractivity contribution in [1.29, 1.82) is 0 Å². The van der Waals surface area contributed by atoms with Crippen LogP contribution in [0.5, 0.6) is 0 Å². The highest BCUT2D eigenvalue weighted by atomic mass is 35.5. The van der Waals surface area contributed by atoms with Crippen molar-refractivity contribution >= 4 is 28.5 Å². The molecule has 1 aliphatic heterocycles. The predicted molar refractivity (Wildman–Crippen MR) is 85.9 cm³/mol. The second-order valence-electron chi connectivity index (χ2n) is 6.48. The number of rotatable bonds is 3. The number of hydrogen-bond acceptors (Lipinski definition) is 4. The summed E-state index contributed by atoms with van der Waals surface area (Å²) < 4.78 is 0. The highest BCUT2D eigenvalue weighted by Gasteiger charge is 2.40. The van der Waals surface area contributed by atoms with E-state index in [1.165, 1.54) is 19.3 Å². The fraction of sp³-hybridized carbons (Fsp3) is 0.500. The second-order valence-corrected chi connectivity index (χ2v) is 6.87. The number of aromatic nitrogens is 2. The first-order valence-electron chi connectivity index (χ1n) is 7.57. The third kappa shape index (κ3) is 2.70. The monoisotopic (exact) mass is 302 g/mol. The van der Waals surface area contributed by atoms with Gasteiger partial charge in [0.15, 0.2) is 0 Å². The second kappa shape index (κ2) is 4.82. The molecule has 4 rings (SSSR count). The Hall–Kier alpha value is -1.39. The zero-order valence-electron chi connectivity index (χ0n) is 12.1. The summed E-state index contributed by atoms with van der Waals surface area (Å²) >= 11 is 5.91. The molecule has 2 aromatic rings. The minimum Gasteiger partial charge on any atom is -0.355 e. The van der Waals surface area contributed by atoms with Crippen LogP contribution in [0, 0.1) is 0 Å². The number of halogens is 1. The number of anilines is 1. The number of hydrogen-bond donors (Lipinski definition) is 1. The van der Waals surface area contributed by atoms with Gasteiger partial charge >= 0.3 is 0 Å². The van der Waals surface area contributed by atoms with Crippen molar-refractivity contribution in [3.63, 3.8) is 0 Å². The van der Waals surface area contributed by atoms with Crippen molar-refractivity contribution in [2.24, 2.45) is 0 Å². The van der Waals surface area contributed by atoms with Gasteiger partial charge in [-0.05, 0) is 50.5 Å². The Morgan fingerprint density at radius 2 is 1.95 bits per heavy atom. The minimum atomic E-state index is 0.401. The third-order valence-corrected chi connectivity index (χ3v) is 4.77. The van der Waals surface area contributed by atoms with Gasteiger partial charge < -0.3 is 10.2 Å².